The second kappa shape index (κ2) is 10.4. The quantitative estimate of drug-likeness (QED) is 0.439. The van der Waals surface area contributed by atoms with Gasteiger partial charge in [0, 0.05) is 36.3 Å². The fourth-order valence-electron chi connectivity index (χ4n) is 4.17. The summed E-state index contributed by atoms with van der Waals surface area (Å²) in [5.41, 5.74) is 1.97. The van der Waals surface area contributed by atoms with Gasteiger partial charge in [-0.25, -0.2) is 16.8 Å². The molecule has 1 saturated heterocycles. The molecule has 0 atom stereocenters. The summed E-state index contributed by atoms with van der Waals surface area (Å²) in [6.07, 6.45) is 2.99. The number of carbonyl (C=O) groups is 1. The van der Waals surface area contributed by atoms with Gasteiger partial charge in [0.2, 0.25) is 0 Å². The molecule has 9 nitrogen and oxygen atoms in total. The molecule has 196 valence electrons. The molecule has 1 amide bonds. The molecule has 4 rings (SSSR count). The van der Waals surface area contributed by atoms with Crippen LogP contribution in [0.1, 0.15) is 28.8 Å². The topological polar surface area (TPSA) is 122 Å². The van der Waals surface area contributed by atoms with E-state index >= 15 is 0 Å². The number of aryl methyl sites for hydroxylation is 1. The van der Waals surface area contributed by atoms with Crippen molar-refractivity contribution in [1.82, 2.24) is 0 Å². The Morgan fingerprint density at radius 1 is 0.892 bits per heavy atom. The van der Waals surface area contributed by atoms with Crippen LogP contribution in [0.4, 0.5) is 17.1 Å². The van der Waals surface area contributed by atoms with Crippen molar-refractivity contribution in [3.05, 3.63) is 71.8 Å². The second-order valence-corrected chi connectivity index (χ2v) is 12.6. The van der Waals surface area contributed by atoms with Gasteiger partial charge in [-0.3, -0.25) is 9.52 Å². The lowest BCUT2D eigenvalue weighted by atomic mass is 10.1. The minimum Gasteiger partial charge on any atom is -0.497 e. The first kappa shape index (κ1) is 26.5. The van der Waals surface area contributed by atoms with E-state index in [4.69, 9.17) is 4.74 Å². The van der Waals surface area contributed by atoms with Crippen LogP contribution in [0, 0.1) is 6.92 Å². The van der Waals surface area contributed by atoms with Gasteiger partial charge < -0.3 is 15.0 Å². The molecule has 37 heavy (non-hydrogen) atoms. The molecule has 3 aromatic rings. The average molecular weight is 544 g/mol. The third kappa shape index (κ3) is 6.05. The third-order valence-corrected chi connectivity index (χ3v) is 8.70. The van der Waals surface area contributed by atoms with Crippen molar-refractivity contribution in [2.75, 3.05) is 41.4 Å². The Morgan fingerprint density at radius 2 is 1.54 bits per heavy atom. The zero-order valence-corrected chi connectivity index (χ0v) is 22.4. The first-order valence-electron chi connectivity index (χ1n) is 11.7. The van der Waals surface area contributed by atoms with E-state index < -0.39 is 25.8 Å². The molecule has 0 saturated carbocycles. The summed E-state index contributed by atoms with van der Waals surface area (Å²) in [6.45, 7) is 3.16. The highest BCUT2D eigenvalue weighted by Gasteiger charge is 2.25. The third-order valence-electron chi connectivity index (χ3n) is 6.18. The fraction of sp³-hybridized carbons (Fsp3) is 0.269. The van der Waals surface area contributed by atoms with Gasteiger partial charge in [0.1, 0.15) is 10.6 Å². The molecule has 0 spiro atoms. The molecule has 1 aliphatic heterocycles. The molecule has 11 heteroatoms. The molecular formula is C26H29N3O6S2. The van der Waals surface area contributed by atoms with E-state index in [1.807, 2.05) is 4.90 Å². The molecule has 0 radical (unpaired) electrons. The monoisotopic (exact) mass is 543 g/mol. The van der Waals surface area contributed by atoms with Crippen molar-refractivity contribution in [2.24, 2.45) is 0 Å². The van der Waals surface area contributed by atoms with Gasteiger partial charge >= 0.3 is 0 Å². The Labute approximate surface area is 217 Å². The number of carbonyl (C=O) groups excluding carboxylic acids is 1. The number of sulfonamides is 1. The van der Waals surface area contributed by atoms with Crippen molar-refractivity contribution < 1.29 is 26.4 Å². The lowest BCUT2D eigenvalue weighted by molar-refractivity contribution is 0.102. The van der Waals surface area contributed by atoms with E-state index in [1.165, 1.54) is 25.3 Å². The molecule has 3 aromatic carbocycles. The van der Waals surface area contributed by atoms with Gasteiger partial charge in [-0.2, -0.15) is 0 Å². The molecule has 0 aromatic heterocycles. The maximum atomic E-state index is 13.5. The summed E-state index contributed by atoms with van der Waals surface area (Å²) < 4.78 is 58.7. The summed E-state index contributed by atoms with van der Waals surface area (Å²) in [5, 5.41) is 2.73. The standard InChI is InChI=1S/C26H29N3O6S2/c1-18-6-12-22(36(3,31)32)17-23(18)26(30)27-20-9-13-24(29-14-4-5-15-29)25(16-20)37(33,34)28-19-7-10-21(35-2)11-8-19/h6-13,16-17,28H,4-5,14-15H2,1-3H3,(H,27,30). The number of nitrogens with one attached hydrogen (secondary N) is 2. The van der Waals surface area contributed by atoms with Crippen LogP contribution in [0.5, 0.6) is 5.75 Å². The zero-order chi connectivity index (χ0) is 26.8. The van der Waals surface area contributed by atoms with E-state index in [0.29, 0.717) is 22.7 Å². The number of amides is 1. The number of hydrogen-bond acceptors (Lipinski definition) is 7. The summed E-state index contributed by atoms with van der Waals surface area (Å²) in [4.78, 5) is 15.1. The SMILES string of the molecule is COc1ccc(NS(=O)(=O)c2cc(NC(=O)c3cc(S(C)(=O)=O)ccc3C)ccc2N2CCCC2)cc1. The number of ether oxygens (including phenoxy) is 1. The Bertz CT molecular complexity index is 1530. The van der Waals surface area contributed by atoms with Gasteiger partial charge in [-0.15, -0.1) is 0 Å². The van der Waals surface area contributed by atoms with E-state index in [-0.39, 0.29) is 21.0 Å². The summed E-state index contributed by atoms with van der Waals surface area (Å²) >= 11 is 0. The van der Waals surface area contributed by atoms with Crippen LogP contribution in [0.25, 0.3) is 0 Å². The molecular weight excluding hydrogens is 514 g/mol. The lowest BCUT2D eigenvalue weighted by Crippen LogP contribution is -2.23. The average Bonchev–Trinajstić information content (AvgIpc) is 3.38. The van der Waals surface area contributed by atoms with Gasteiger partial charge in [-0.1, -0.05) is 6.07 Å². The minimum atomic E-state index is -4.02. The molecule has 0 unspecified atom stereocenters. The highest BCUT2D eigenvalue weighted by molar-refractivity contribution is 7.93. The number of benzene rings is 3. The van der Waals surface area contributed by atoms with Crippen LogP contribution in [0.3, 0.4) is 0 Å². The number of sulfone groups is 1. The van der Waals surface area contributed by atoms with Crippen LogP contribution < -0.4 is 19.7 Å². The molecule has 2 N–H and O–H groups in total. The first-order chi connectivity index (χ1) is 17.5. The van der Waals surface area contributed by atoms with Gasteiger partial charge in [0.15, 0.2) is 9.84 Å². The number of methoxy groups -OCH3 is 1. The van der Waals surface area contributed by atoms with E-state index in [1.54, 1.807) is 49.4 Å². The molecule has 1 aliphatic rings. The van der Waals surface area contributed by atoms with Crippen LogP contribution in [0.15, 0.2) is 70.5 Å². The van der Waals surface area contributed by atoms with Gasteiger partial charge in [0.05, 0.1) is 17.7 Å². The molecule has 0 aliphatic carbocycles. The van der Waals surface area contributed by atoms with Gasteiger partial charge in [0.25, 0.3) is 15.9 Å². The summed E-state index contributed by atoms with van der Waals surface area (Å²) in [6, 6.07) is 15.6. The van der Waals surface area contributed by atoms with Crippen molar-refractivity contribution in [3.8, 4) is 5.75 Å². The van der Waals surface area contributed by atoms with Crippen LogP contribution in [-0.2, 0) is 19.9 Å². The smallest absolute Gasteiger partial charge is 0.264 e. The van der Waals surface area contributed by atoms with E-state index in [9.17, 15) is 21.6 Å². The number of hydrogen-bond donors (Lipinski definition) is 2. The number of rotatable bonds is 8. The second-order valence-electron chi connectivity index (χ2n) is 8.91. The van der Waals surface area contributed by atoms with Crippen molar-refractivity contribution >= 4 is 42.8 Å². The summed E-state index contributed by atoms with van der Waals surface area (Å²) in [5.74, 6) is 0.0593. The largest absolute Gasteiger partial charge is 0.497 e. The fourth-order valence-corrected chi connectivity index (χ4v) is 6.13. The molecule has 1 fully saturated rings. The highest BCUT2D eigenvalue weighted by Crippen LogP contribution is 2.33. The van der Waals surface area contributed by atoms with E-state index in [2.05, 4.69) is 10.0 Å². The van der Waals surface area contributed by atoms with Gasteiger partial charge in [-0.05, 0) is 79.9 Å². The maximum Gasteiger partial charge on any atom is 0.264 e. The first-order valence-corrected chi connectivity index (χ1v) is 15.0. The number of nitrogens with zero attached hydrogens (tertiary/aromatic N) is 1. The Morgan fingerprint density at radius 3 is 2.16 bits per heavy atom. The van der Waals surface area contributed by atoms with Crippen molar-refractivity contribution in [3.63, 3.8) is 0 Å². The van der Waals surface area contributed by atoms with E-state index in [0.717, 1.165) is 32.2 Å². The minimum absolute atomic E-state index is 0.0274. The van der Waals surface area contributed by atoms with Crippen molar-refractivity contribution in [2.45, 2.75) is 29.6 Å². The van der Waals surface area contributed by atoms with Crippen LogP contribution in [0.2, 0.25) is 0 Å². The summed E-state index contributed by atoms with van der Waals surface area (Å²) in [7, 11) is -6.00. The predicted octanol–water partition coefficient (Wildman–Crippen LogP) is 4.06. The lowest BCUT2D eigenvalue weighted by Gasteiger charge is -2.22. The van der Waals surface area contributed by atoms with Crippen molar-refractivity contribution in [1.29, 1.82) is 0 Å². The van der Waals surface area contributed by atoms with Crippen LogP contribution >= 0.6 is 0 Å². The zero-order valence-electron chi connectivity index (χ0n) is 20.8. The number of anilines is 3. The maximum absolute atomic E-state index is 13.5. The Hall–Kier alpha value is -3.57. The molecule has 1 heterocycles. The predicted molar refractivity (Wildman–Crippen MR) is 144 cm³/mol. The Balaban J connectivity index is 1.69. The van der Waals surface area contributed by atoms with Crippen LogP contribution in [-0.4, -0.2) is 49.2 Å². The Kier molecular flexibility index (Phi) is 7.47. The normalized spacial score (nSPS) is 13.9. The molecule has 0 bridgehead atoms. The highest BCUT2D eigenvalue weighted by atomic mass is 32.2.